The lowest BCUT2D eigenvalue weighted by Gasteiger charge is -2.28. The number of pyridine rings is 1. The smallest absolute Gasteiger partial charge is 0.345 e. The molecule has 40 nitrogen and oxygen atoms in total. The van der Waals surface area contributed by atoms with E-state index in [0.29, 0.717) is 43.2 Å². The van der Waals surface area contributed by atoms with E-state index >= 15 is 4.79 Å². The van der Waals surface area contributed by atoms with Gasteiger partial charge in [-0.2, -0.15) is 9.78 Å². The molecule has 25 N–H and O–H groups in total. The third-order valence-electron chi connectivity index (χ3n) is 19.0. The standard InChI is InChI=1S/C80H113N21O19S/c1-44(2)40-60-76(115)92-55(27-32-81)71(110)91-58(30-35-84)75(114)98-67(46(4)102)78(117)88-37-31-59(74(113)90-56(28-33-82)73(112)96-61(77(116)95-60)41-48-14-8-7-9-15-48)93-72(111)57(29-34-83)94-79(118)68(47(5)103)97-64(104)24-26-66(107)120-45(3)43-100(39-38-89-70(109)53(85)22-25-65(105)106)80(119)101-62-42-50(121-63-18-11-10-17-52(63)69(108)86-6)20-21-51(62)54(99-101)23-19-49-16-12-13-36-87-49/h7-21,23,36,42,44-47,53,55-61,67-68,102-103H,22,24-35,37-41,43,81-85H2,1-6H3,(H,86,108)(H,88,117)(H,89,109)(H,90,113)(H,91,110)(H,92,115)(H,93,111)(H,94,118)(H,95,116)(H,96,112)(H,97,104)(H,98,114)(H,105,106)/b23-19+/t45?,46-,47-,53+,55+,56+,57+,58+,59+,60+,61-,67+,68+/m1/s1. The number of hydrogen-bond acceptors (Lipinski definition) is 26. The molecule has 0 saturated carbocycles. The van der Waals surface area contributed by atoms with E-state index in [1.807, 2.05) is 0 Å². The van der Waals surface area contributed by atoms with Crippen LogP contribution in [0.15, 0.2) is 107 Å². The summed E-state index contributed by atoms with van der Waals surface area (Å²) in [5, 5.41) is 66.8. The predicted octanol–water partition coefficient (Wildman–Crippen LogP) is -3.27. The van der Waals surface area contributed by atoms with Crippen LogP contribution in [0.3, 0.4) is 0 Å². The van der Waals surface area contributed by atoms with Gasteiger partial charge in [-0.05, 0) is 158 Å². The molecule has 1 aliphatic heterocycles. The number of aliphatic hydroxyl groups excluding tert-OH is 2. The monoisotopic (exact) mass is 1700 g/mol. The molecule has 1 unspecified atom stereocenters. The van der Waals surface area contributed by atoms with Gasteiger partial charge in [0.2, 0.25) is 65.0 Å². The summed E-state index contributed by atoms with van der Waals surface area (Å²) >= 11 is 1.24. The molecule has 658 valence electrons. The zero-order chi connectivity index (χ0) is 89.0. The van der Waals surface area contributed by atoms with Crippen molar-refractivity contribution in [3.63, 3.8) is 0 Å². The van der Waals surface area contributed by atoms with E-state index in [1.165, 1.54) is 37.6 Å². The largest absolute Gasteiger partial charge is 0.481 e. The van der Waals surface area contributed by atoms with Crippen LogP contribution in [-0.2, 0) is 73.5 Å². The van der Waals surface area contributed by atoms with Gasteiger partial charge in [0.15, 0.2) is 0 Å². The highest BCUT2D eigenvalue weighted by Gasteiger charge is 2.38. The lowest BCUT2D eigenvalue weighted by atomic mass is 10.00. The zero-order valence-corrected chi connectivity index (χ0v) is 69.2. The number of aliphatic carboxylic acids is 1. The minimum absolute atomic E-state index is 0.00623. The number of hydrogen-bond donors (Lipinski definition) is 20. The number of ether oxygens (including phenoxy) is 1. The van der Waals surface area contributed by atoms with Crippen LogP contribution in [-0.4, -0.2) is 262 Å². The first kappa shape index (κ1) is 98.0. The number of carbonyl (C=O) groups is 15. The number of aliphatic hydroxyl groups is 2. The Hall–Kier alpha value is -11.9. The summed E-state index contributed by atoms with van der Waals surface area (Å²) in [4.78, 5) is 216. The number of aromatic nitrogens is 3. The molecular formula is C80H113N21O19S. The highest BCUT2D eigenvalue weighted by molar-refractivity contribution is 7.99. The average Bonchev–Trinajstić information content (AvgIpc) is 1.62. The van der Waals surface area contributed by atoms with Gasteiger partial charge in [0.1, 0.15) is 60.5 Å². The van der Waals surface area contributed by atoms with Gasteiger partial charge in [0.25, 0.3) is 5.91 Å². The third-order valence-corrected chi connectivity index (χ3v) is 20.1. The normalized spacial score (nSPS) is 19.5. The fraction of sp³-hybridized carbons (Fsp3) is 0.487. The summed E-state index contributed by atoms with van der Waals surface area (Å²) < 4.78 is 6.85. The summed E-state index contributed by atoms with van der Waals surface area (Å²) in [6.45, 7) is 4.96. The SMILES string of the molecule is CNC(=O)c1ccccc1Sc1ccc2c(/C=C/c3ccccn3)nn(C(=O)N(CCNC(=O)[C@@H](N)CCC(=O)O)CC(C)OC(=O)CCC(=O)N[C@H](C(=O)N[C@@H](CCN)C(=O)N[C@H]3CCNC(=O)[C@H]([C@@H](C)O)NC(=O)[C@H](CCN)NC(=O)[C@H](CCN)NC(=O)[C@H](CC(C)C)NC(=O)[C@@H](Cc4ccccc4)NC(=O)[C@H](CCN)NC3=O)[C@@H](C)O)c2c1. The third kappa shape index (κ3) is 31.3. The van der Waals surface area contributed by atoms with Gasteiger partial charge in [0, 0.05) is 67.3 Å². The van der Waals surface area contributed by atoms with Crippen molar-refractivity contribution in [1.29, 1.82) is 0 Å². The lowest BCUT2D eigenvalue weighted by molar-refractivity contribution is -0.150. The van der Waals surface area contributed by atoms with Gasteiger partial charge >= 0.3 is 18.0 Å². The lowest BCUT2D eigenvalue weighted by Crippen LogP contribution is -2.61. The fourth-order valence-corrected chi connectivity index (χ4v) is 13.6. The maximum atomic E-state index is 15.1. The Bertz CT molecular complexity index is 4420. The number of amides is 13. The van der Waals surface area contributed by atoms with Crippen LogP contribution in [0.5, 0.6) is 0 Å². The zero-order valence-electron chi connectivity index (χ0n) is 68.4. The second-order valence-corrected chi connectivity index (χ2v) is 30.4. The summed E-state index contributed by atoms with van der Waals surface area (Å²) in [6, 6.07) is 9.55. The first-order valence-corrected chi connectivity index (χ1v) is 40.6. The molecular weight excluding hydrogens is 1590 g/mol. The Morgan fingerprint density at radius 2 is 1.26 bits per heavy atom. The maximum Gasteiger partial charge on any atom is 0.345 e. The molecule has 41 heteroatoms. The first-order chi connectivity index (χ1) is 57.7. The molecule has 13 atom stereocenters. The molecule has 1 saturated heterocycles. The summed E-state index contributed by atoms with van der Waals surface area (Å²) in [6.07, 6.45) is -3.21. The molecule has 121 heavy (non-hydrogen) atoms. The molecule has 5 aromatic rings. The molecule has 3 heterocycles. The number of nitrogens with one attached hydrogen (secondary N) is 12. The number of nitrogens with zero attached hydrogens (tertiary/aromatic N) is 4. The molecule has 6 rings (SSSR count). The highest BCUT2D eigenvalue weighted by Crippen LogP contribution is 2.34. The summed E-state index contributed by atoms with van der Waals surface area (Å²) in [5.41, 5.74) is 31.9. The average molecular weight is 1700 g/mol. The highest BCUT2D eigenvalue weighted by atomic mass is 32.2. The number of fused-ring (bicyclic) bond motifs is 1. The van der Waals surface area contributed by atoms with Crippen LogP contribution < -0.4 is 92.5 Å². The van der Waals surface area contributed by atoms with Crippen molar-refractivity contribution in [1.82, 2.24) is 83.5 Å². The number of benzene rings is 3. The van der Waals surface area contributed by atoms with Crippen molar-refractivity contribution in [3.05, 3.63) is 120 Å². The van der Waals surface area contributed by atoms with Crippen molar-refractivity contribution in [2.24, 2.45) is 34.6 Å². The number of carboxylic acids is 1. The van der Waals surface area contributed by atoms with Gasteiger partial charge < -0.3 is 117 Å². The minimum Gasteiger partial charge on any atom is -0.481 e. The molecule has 13 amide bonds. The van der Waals surface area contributed by atoms with Gasteiger partial charge in [-0.25, -0.2) is 4.79 Å². The first-order valence-electron chi connectivity index (χ1n) is 39.7. The van der Waals surface area contributed by atoms with Crippen LogP contribution in [0.4, 0.5) is 4.79 Å². The predicted molar refractivity (Wildman–Crippen MR) is 445 cm³/mol. The van der Waals surface area contributed by atoms with Crippen molar-refractivity contribution in [2.45, 2.75) is 194 Å². The molecule has 2 aromatic heterocycles. The molecule has 1 aliphatic rings. The van der Waals surface area contributed by atoms with Crippen LogP contribution in [0.25, 0.3) is 23.1 Å². The van der Waals surface area contributed by atoms with Gasteiger partial charge in [-0.15, -0.1) is 0 Å². The van der Waals surface area contributed by atoms with E-state index in [9.17, 15) is 82.4 Å². The minimum atomic E-state index is -1.85. The van der Waals surface area contributed by atoms with Crippen LogP contribution in [0.1, 0.15) is 126 Å². The number of nitrogens with two attached hydrogens (primary N) is 5. The van der Waals surface area contributed by atoms with Crippen LogP contribution in [0.2, 0.25) is 0 Å². The van der Waals surface area contributed by atoms with Crippen LogP contribution >= 0.6 is 11.8 Å². The number of carbonyl (C=O) groups excluding carboxylic acids is 14. The van der Waals surface area contributed by atoms with Crippen molar-refractivity contribution in [2.75, 3.05) is 59.4 Å². The molecule has 0 aliphatic carbocycles. The molecule has 3 aromatic carbocycles. The van der Waals surface area contributed by atoms with Gasteiger partial charge in [-0.3, -0.25) is 72.1 Å². The number of rotatable bonds is 37. The topological polar surface area (TPSA) is 634 Å². The Kier molecular flexibility index (Phi) is 40.2. The Morgan fingerprint density at radius 3 is 1.87 bits per heavy atom. The quantitative estimate of drug-likeness (QED) is 0.0174. The second kappa shape index (κ2) is 49.6. The Balaban J connectivity index is 1.23. The van der Waals surface area contributed by atoms with Crippen molar-refractivity contribution < 1.29 is 92.0 Å². The molecule has 0 spiro atoms. The summed E-state index contributed by atoms with van der Waals surface area (Å²) in [5.74, 6) is -13.4. The maximum absolute atomic E-state index is 15.1. The Labute approximate surface area is 703 Å². The van der Waals surface area contributed by atoms with E-state index < -0.39 is 194 Å². The molecule has 0 bridgehead atoms. The van der Waals surface area contributed by atoms with E-state index in [2.05, 4.69) is 68.8 Å². The Morgan fingerprint density at radius 1 is 0.661 bits per heavy atom. The fourth-order valence-electron chi connectivity index (χ4n) is 12.6. The van der Waals surface area contributed by atoms with E-state index in [4.69, 9.17) is 38.5 Å². The summed E-state index contributed by atoms with van der Waals surface area (Å²) in [7, 11) is 1.50. The van der Waals surface area contributed by atoms with Gasteiger partial charge in [0.05, 0.1) is 53.7 Å². The van der Waals surface area contributed by atoms with Crippen molar-refractivity contribution in [3.8, 4) is 0 Å². The number of esters is 1. The number of carboxylic acid groups (broad SMARTS) is 1. The van der Waals surface area contributed by atoms with E-state index in [1.54, 1.807) is 123 Å². The van der Waals surface area contributed by atoms with Crippen molar-refractivity contribution >= 4 is 124 Å². The van der Waals surface area contributed by atoms with E-state index in [-0.39, 0.29) is 103 Å². The van der Waals surface area contributed by atoms with Crippen LogP contribution in [0, 0.1) is 5.92 Å². The second-order valence-electron chi connectivity index (χ2n) is 29.2. The molecule has 0 radical (unpaired) electrons. The van der Waals surface area contributed by atoms with E-state index in [0.717, 1.165) is 11.6 Å². The molecule has 1 fully saturated rings. The van der Waals surface area contributed by atoms with Gasteiger partial charge in [-0.1, -0.05) is 74.1 Å².